The number of hydrogen-bond acceptors (Lipinski definition) is 2. The van der Waals surface area contributed by atoms with Gasteiger partial charge in [0, 0.05) is 5.56 Å². The fourth-order valence-corrected chi connectivity index (χ4v) is 3.99. The van der Waals surface area contributed by atoms with Gasteiger partial charge in [0.1, 0.15) is 0 Å². The normalized spacial score (nSPS) is 15.4. The van der Waals surface area contributed by atoms with Gasteiger partial charge in [-0.2, -0.15) is 0 Å². The van der Waals surface area contributed by atoms with Gasteiger partial charge >= 0.3 is 0 Å². The Morgan fingerprint density at radius 2 is 1.79 bits per heavy atom. The minimum Gasteiger partial charge on any atom is -0.348 e. The lowest BCUT2D eigenvalue weighted by Gasteiger charge is -2.26. The molecule has 4 heteroatoms. The van der Waals surface area contributed by atoms with Crippen LogP contribution in [0.5, 0.6) is 0 Å². The van der Waals surface area contributed by atoms with Gasteiger partial charge in [-0.1, -0.05) is 62.6 Å². The molecule has 1 unspecified atom stereocenters. The first-order valence-electron chi connectivity index (χ1n) is 10.9. The number of aryl methyl sites for hydroxylation is 2. The highest BCUT2D eigenvalue weighted by atomic mass is 16.2. The van der Waals surface area contributed by atoms with Crippen LogP contribution in [-0.4, -0.2) is 18.4 Å². The fraction of sp³-hybridized carbons (Fsp3) is 0.440. The molecule has 0 heterocycles. The summed E-state index contributed by atoms with van der Waals surface area (Å²) in [5.74, 6) is -0.352. The van der Waals surface area contributed by atoms with Crippen molar-refractivity contribution in [2.45, 2.75) is 64.3 Å². The van der Waals surface area contributed by atoms with E-state index in [-0.39, 0.29) is 24.4 Å². The molecule has 0 saturated carbocycles. The minimum absolute atomic E-state index is 0.00370. The SMILES string of the molecule is CCCCCCc1ccc(C(=O)NCC(=O)NC2CCCc3ccccc32)cc1. The lowest BCUT2D eigenvalue weighted by atomic mass is 9.88. The van der Waals surface area contributed by atoms with Gasteiger partial charge in [-0.25, -0.2) is 0 Å². The third kappa shape index (κ3) is 6.18. The summed E-state index contributed by atoms with van der Waals surface area (Å²) < 4.78 is 0. The zero-order valence-corrected chi connectivity index (χ0v) is 17.4. The average molecular weight is 393 g/mol. The number of hydrogen-bond donors (Lipinski definition) is 2. The van der Waals surface area contributed by atoms with Crippen molar-refractivity contribution in [3.05, 3.63) is 70.8 Å². The molecule has 1 aliphatic carbocycles. The summed E-state index contributed by atoms with van der Waals surface area (Å²) in [6, 6.07) is 16.0. The summed E-state index contributed by atoms with van der Waals surface area (Å²) in [6.45, 7) is 2.21. The number of rotatable bonds is 9. The quantitative estimate of drug-likeness (QED) is 0.606. The molecule has 1 atom stereocenters. The number of fused-ring (bicyclic) bond motifs is 1. The van der Waals surface area contributed by atoms with Crippen LogP contribution < -0.4 is 10.6 Å². The molecule has 0 saturated heterocycles. The zero-order valence-electron chi connectivity index (χ0n) is 17.4. The summed E-state index contributed by atoms with van der Waals surface area (Å²) in [5, 5.41) is 5.81. The third-order valence-corrected chi connectivity index (χ3v) is 5.65. The van der Waals surface area contributed by atoms with Crippen LogP contribution in [0.15, 0.2) is 48.5 Å². The molecule has 0 radical (unpaired) electrons. The minimum atomic E-state index is -0.207. The summed E-state index contributed by atoms with van der Waals surface area (Å²) in [7, 11) is 0. The standard InChI is InChI=1S/C25H32N2O2/c1-2-3-4-5-9-19-14-16-21(17-15-19)25(29)26-18-24(28)27-23-13-8-11-20-10-6-7-12-22(20)23/h6-7,10,12,14-17,23H,2-5,8-9,11,13,18H2,1H3,(H,26,29)(H,27,28). The van der Waals surface area contributed by atoms with Gasteiger partial charge in [0.25, 0.3) is 5.91 Å². The van der Waals surface area contributed by atoms with Crippen molar-refractivity contribution < 1.29 is 9.59 Å². The first kappa shape index (κ1) is 21.1. The number of carbonyl (C=O) groups excluding carboxylic acids is 2. The van der Waals surface area contributed by atoms with Gasteiger partial charge in [-0.05, 0) is 60.9 Å². The van der Waals surface area contributed by atoms with Crippen LogP contribution >= 0.6 is 0 Å². The van der Waals surface area contributed by atoms with E-state index in [4.69, 9.17) is 0 Å². The van der Waals surface area contributed by atoms with Crippen LogP contribution in [0.3, 0.4) is 0 Å². The molecular weight excluding hydrogens is 360 g/mol. The first-order valence-corrected chi connectivity index (χ1v) is 10.9. The molecule has 2 amide bonds. The molecule has 29 heavy (non-hydrogen) atoms. The van der Waals surface area contributed by atoms with Crippen LogP contribution in [0, 0.1) is 0 Å². The maximum Gasteiger partial charge on any atom is 0.251 e. The largest absolute Gasteiger partial charge is 0.348 e. The highest BCUT2D eigenvalue weighted by Gasteiger charge is 2.21. The Balaban J connectivity index is 1.45. The predicted octanol–water partition coefficient (Wildman–Crippen LogP) is 4.73. The van der Waals surface area contributed by atoms with Crippen LogP contribution in [0.4, 0.5) is 0 Å². The second-order valence-corrected chi connectivity index (χ2v) is 7.90. The van der Waals surface area contributed by atoms with Crippen molar-refractivity contribution in [3.8, 4) is 0 Å². The topological polar surface area (TPSA) is 58.2 Å². The molecule has 0 bridgehead atoms. The summed E-state index contributed by atoms with van der Waals surface area (Å²) in [6.07, 6.45) is 9.06. The van der Waals surface area contributed by atoms with E-state index in [0.717, 1.165) is 25.7 Å². The second-order valence-electron chi connectivity index (χ2n) is 7.90. The van der Waals surface area contributed by atoms with Crippen molar-refractivity contribution >= 4 is 11.8 Å². The molecule has 2 aromatic rings. The van der Waals surface area contributed by atoms with Gasteiger partial charge in [0.05, 0.1) is 12.6 Å². The number of amides is 2. The molecule has 4 nitrogen and oxygen atoms in total. The Morgan fingerprint density at radius 1 is 1.00 bits per heavy atom. The Bertz CT molecular complexity index is 814. The van der Waals surface area contributed by atoms with E-state index < -0.39 is 0 Å². The lowest BCUT2D eigenvalue weighted by molar-refractivity contribution is -0.121. The van der Waals surface area contributed by atoms with Gasteiger partial charge < -0.3 is 10.6 Å². The molecule has 2 N–H and O–H groups in total. The van der Waals surface area contributed by atoms with Crippen LogP contribution in [0.25, 0.3) is 0 Å². The summed E-state index contributed by atoms with van der Waals surface area (Å²) >= 11 is 0. The molecule has 1 aliphatic rings. The Hall–Kier alpha value is -2.62. The van der Waals surface area contributed by atoms with E-state index in [1.54, 1.807) is 0 Å². The molecule has 154 valence electrons. The number of nitrogens with one attached hydrogen (secondary N) is 2. The van der Waals surface area contributed by atoms with E-state index in [1.165, 1.54) is 42.4 Å². The summed E-state index contributed by atoms with van der Waals surface area (Å²) in [5.41, 5.74) is 4.36. The zero-order chi connectivity index (χ0) is 20.5. The van der Waals surface area contributed by atoms with E-state index in [1.807, 2.05) is 36.4 Å². The van der Waals surface area contributed by atoms with Crippen molar-refractivity contribution in [2.75, 3.05) is 6.54 Å². The van der Waals surface area contributed by atoms with E-state index >= 15 is 0 Å². The molecule has 0 aliphatic heterocycles. The van der Waals surface area contributed by atoms with Gasteiger partial charge in [-0.15, -0.1) is 0 Å². The number of benzene rings is 2. The highest BCUT2D eigenvalue weighted by Crippen LogP contribution is 2.29. The first-order chi connectivity index (χ1) is 14.2. The predicted molar refractivity (Wildman–Crippen MR) is 117 cm³/mol. The molecular formula is C25H32N2O2. The number of unbranched alkanes of at least 4 members (excludes halogenated alkanes) is 3. The smallest absolute Gasteiger partial charge is 0.251 e. The van der Waals surface area contributed by atoms with Crippen LogP contribution in [0.2, 0.25) is 0 Å². The summed E-state index contributed by atoms with van der Waals surface area (Å²) in [4.78, 5) is 24.7. The molecule has 0 fully saturated rings. The highest BCUT2D eigenvalue weighted by molar-refractivity contribution is 5.96. The van der Waals surface area contributed by atoms with Crippen LogP contribution in [0.1, 0.15) is 78.5 Å². The Morgan fingerprint density at radius 3 is 2.59 bits per heavy atom. The Labute approximate surface area is 174 Å². The molecule has 0 spiro atoms. The maximum absolute atomic E-state index is 12.4. The fourth-order valence-electron chi connectivity index (χ4n) is 3.99. The van der Waals surface area contributed by atoms with E-state index in [2.05, 4.69) is 29.7 Å². The van der Waals surface area contributed by atoms with Crippen LogP contribution in [-0.2, 0) is 17.6 Å². The van der Waals surface area contributed by atoms with Crippen molar-refractivity contribution in [1.29, 1.82) is 0 Å². The van der Waals surface area contributed by atoms with Crippen molar-refractivity contribution in [3.63, 3.8) is 0 Å². The van der Waals surface area contributed by atoms with Gasteiger partial charge in [0.15, 0.2) is 0 Å². The average Bonchev–Trinajstić information content (AvgIpc) is 2.76. The molecule has 2 aromatic carbocycles. The van der Waals surface area contributed by atoms with Gasteiger partial charge in [0.2, 0.25) is 5.91 Å². The maximum atomic E-state index is 12.4. The molecule has 3 rings (SSSR count). The number of carbonyl (C=O) groups is 2. The monoisotopic (exact) mass is 392 g/mol. The van der Waals surface area contributed by atoms with E-state index in [9.17, 15) is 9.59 Å². The lowest BCUT2D eigenvalue weighted by Crippen LogP contribution is -2.39. The molecule has 0 aromatic heterocycles. The van der Waals surface area contributed by atoms with Gasteiger partial charge in [-0.3, -0.25) is 9.59 Å². The van der Waals surface area contributed by atoms with E-state index in [0.29, 0.717) is 5.56 Å². The second kappa shape index (κ2) is 10.8. The Kier molecular flexibility index (Phi) is 7.85. The third-order valence-electron chi connectivity index (χ3n) is 5.65. The van der Waals surface area contributed by atoms with Crippen molar-refractivity contribution in [2.24, 2.45) is 0 Å². The van der Waals surface area contributed by atoms with Crippen molar-refractivity contribution in [1.82, 2.24) is 10.6 Å².